The Morgan fingerprint density at radius 2 is 2.21 bits per heavy atom. The number of nitrogens with zero attached hydrogens (tertiary/aromatic N) is 2. The zero-order chi connectivity index (χ0) is 10.6. The number of hydrogen-bond donors (Lipinski definition) is 1. The quantitative estimate of drug-likeness (QED) is 0.730. The lowest BCUT2D eigenvalue weighted by Gasteiger charge is -2.30. The third-order valence-electron chi connectivity index (χ3n) is 3.00. The van der Waals surface area contributed by atoms with Crippen LogP contribution in [0.5, 0.6) is 0 Å². The van der Waals surface area contributed by atoms with Crippen LogP contribution in [0.15, 0.2) is 4.99 Å². The van der Waals surface area contributed by atoms with Crippen LogP contribution < -0.4 is 5.73 Å². The summed E-state index contributed by atoms with van der Waals surface area (Å²) in [5, 5.41) is 0. The Labute approximate surface area is 87.4 Å². The molecule has 0 amide bonds. The van der Waals surface area contributed by atoms with E-state index in [-0.39, 0.29) is 0 Å². The molecule has 1 rings (SSSR count). The zero-order valence-electron chi connectivity index (χ0n) is 9.66. The molecule has 0 aliphatic carbocycles. The molecule has 2 unspecified atom stereocenters. The van der Waals surface area contributed by atoms with E-state index in [0.717, 1.165) is 25.5 Å². The Balaban J connectivity index is 2.53. The van der Waals surface area contributed by atoms with Crippen molar-refractivity contribution in [2.24, 2.45) is 16.6 Å². The second-order valence-corrected chi connectivity index (χ2v) is 4.23. The lowest BCUT2D eigenvalue weighted by atomic mass is 9.96. The molecule has 1 aliphatic heterocycles. The van der Waals surface area contributed by atoms with Gasteiger partial charge in [-0.1, -0.05) is 27.2 Å². The van der Waals surface area contributed by atoms with Crippen LogP contribution in [0.25, 0.3) is 0 Å². The van der Waals surface area contributed by atoms with Crippen LogP contribution in [0.4, 0.5) is 0 Å². The van der Waals surface area contributed by atoms with Gasteiger partial charge in [-0.3, -0.25) is 4.99 Å². The molecule has 0 saturated heterocycles. The van der Waals surface area contributed by atoms with E-state index < -0.39 is 0 Å². The fourth-order valence-corrected chi connectivity index (χ4v) is 2.20. The lowest BCUT2D eigenvalue weighted by molar-refractivity contribution is 0.251. The highest BCUT2D eigenvalue weighted by atomic mass is 15.3. The second kappa shape index (κ2) is 5.23. The Bertz CT molecular complexity index is 201. The predicted molar refractivity (Wildman–Crippen MR) is 61.3 cm³/mol. The number of guanidine groups is 1. The average Bonchev–Trinajstić information content (AvgIpc) is 2.50. The molecule has 0 aromatic heterocycles. The van der Waals surface area contributed by atoms with Gasteiger partial charge >= 0.3 is 0 Å². The zero-order valence-corrected chi connectivity index (χ0v) is 9.66. The van der Waals surface area contributed by atoms with E-state index in [1.54, 1.807) is 0 Å². The molecule has 1 heterocycles. The van der Waals surface area contributed by atoms with E-state index in [9.17, 15) is 0 Å². The number of aliphatic imine (C=N–C) groups is 1. The van der Waals surface area contributed by atoms with Crippen molar-refractivity contribution in [3.05, 3.63) is 0 Å². The summed E-state index contributed by atoms with van der Waals surface area (Å²) in [6.45, 7) is 8.68. The SMILES string of the molecule is CCCC(C)C1CN=C(N)N1CCC. The van der Waals surface area contributed by atoms with Crippen molar-refractivity contribution >= 4 is 5.96 Å². The van der Waals surface area contributed by atoms with Crippen molar-refractivity contribution in [1.82, 2.24) is 4.90 Å². The minimum Gasteiger partial charge on any atom is -0.370 e. The highest BCUT2D eigenvalue weighted by molar-refractivity contribution is 5.80. The normalized spacial score (nSPS) is 23.8. The summed E-state index contributed by atoms with van der Waals surface area (Å²) < 4.78 is 0. The number of rotatable bonds is 5. The Morgan fingerprint density at radius 1 is 1.50 bits per heavy atom. The van der Waals surface area contributed by atoms with Crippen LogP contribution in [-0.2, 0) is 0 Å². The van der Waals surface area contributed by atoms with E-state index in [4.69, 9.17) is 5.73 Å². The van der Waals surface area contributed by atoms with E-state index in [2.05, 4.69) is 30.7 Å². The Kier molecular flexibility index (Phi) is 4.23. The molecule has 82 valence electrons. The molecule has 2 atom stereocenters. The first kappa shape index (κ1) is 11.3. The van der Waals surface area contributed by atoms with Gasteiger partial charge in [0.15, 0.2) is 5.96 Å². The van der Waals surface area contributed by atoms with Crippen molar-refractivity contribution in [2.75, 3.05) is 13.1 Å². The molecule has 14 heavy (non-hydrogen) atoms. The third kappa shape index (κ3) is 2.40. The summed E-state index contributed by atoms with van der Waals surface area (Å²) in [5.74, 6) is 1.45. The molecule has 0 aromatic carbocycles. The smallest absolute Gasteiger partial charge is 0.191 e. The minimum atomic E-state index is 0.551. The van der Waals surface area contributed by atoms with E-state index in [1.165, 1.54) is 12.8 Å². The first-order valence-corrected chi connectivity index (χ1v) is 5.77. The fraction of sp³-hybridized carbons (Fsp3) is 0.909. The van der Waals surface area contributed by atoms with Crippen molar-refractivity contribution in [2.45, 2.75) is 46.1 Å². The molecule has 2 N–H and O–H groups in total. The molecule has 0 saturated carbocycles. The summed E-state index contributed by atoms with van der Waals surface area (Å²) in [7, 11) is 0. The fourth-order valence-electron chi connectivity index (χ4n) is 2.20. The van der Waals surface area contributed by atoms with Gasteiger partial charge < -0.3 is 10.6 Å². The first-order valence-electron chi connectivity index (χ1n) is 5.77. The molecule has 0 aromatic rings. The van der Waals surface area contributed by atoms with Gasteiger partial charge in [0.05, 0.1) is 12.6 Å². The van der Waals surface area contributed by atoms with Crippen molar-refractivity contribution in [3.63, 3.8) is 0 Å². The van der Waals surface area contributed by atoms with Gasteiger partial charge in [-0.05, 0) is 18.8 Å². The van der Waals surface area contributed by atoms with Gasteiger partial charge in [-0.2, -0.15) is 0 Å². The minimum absolute atomic E-state index is 0.551. The molecular formula is C11H23N3. The maximum Gasteiger partial charge on any atom is 0.191 e. The standard InChI is InChI=1S/C11H23N3/c1-4-6-9(3)10-8-13-11(12)14(10)7-5-2/h9-10H,4-8H2,1-3H3,(H2,12,13). The highest BCUT2D eigenvalue weighted by Gasteiger charge is 2.29. The molecular weight excluding hydrogens is 174 g/mol. The summed E-state index contributed by atoms with van der Waals surface area (Å²) >= 11 is 0. The third-order valence-corrected chi connectivity index (χ3v) is 3.00. The van der Waals surface area contributed by atoms with Crippen LogP contribution in [-0.4, -0.2) is 30.0 Å². The molecule has 3 heteroatoms. The van der Waals surface area contributed by atoms with Gasteiger partial charge in [-0.15, -0.1) is 0 Å². The maximum absolute atomic E-state index is 5.87. The second-order valence-electron chi connectivity index (χ2n) is 4.23. The van der Waals surface area contributed by atoms with Crippen molar-refractivity contribution in [3.8, 4) is 0 Å². The summed E-state index contributed by atoms with van der Waals surface area (Å²) in [4.78, 5) is 6.62. The summed E-state index contributed by atoms with van der Waals surface area (Å²) in [6, 6.07) is 0.551. The Hall–Kier alpha value is -0.730. The van der Waals surface area contributed by atoms with Gasteiger partial charge in [-0.25, -0.2) is 0 Å². The van der Waals surface area contributed by atoms with Gasteiger partial charge in [0.25, 0.3) is 0 Å². The summed E-state index contributed by atoms with van der Waals surface area (Å²) in [5.41, 5.74) is 5.87. The highest BCUT2D eigenvalue weighted by Crippen LogP contribution is 2.20. The van der Waals surface area contributed by atoms with Gasteiger partial charge in [0.1, 0.15) is 0 Å². The predicted octanol–water partition coefficient (Wildman–Crippen LogP) is 1.83. The van der Waals surface area contributed by atoms with Gasteiger partial charge in [0, 0.05) is 6.54 Å². The molecule has 1 aliphatic rings. The maximum atomic E-state index is 5.87. The Morgan fingerprint density at radius 3 is 2.79 bits per heavy atom. The van der Waals surface area contributed by atoms with E-state index >= 15 is 0 Å². The van der Waals surface area contributed by atoms with Crippen LogP contribution in [0.3, 0.4) is 0 Å². The van der Waals surface area contributed by atoms with Crippen molar-refractivity contribution in [1.29, 1.82) is 0 Å². The van der Waals surface area contributed by atoms with E-state index in [1.807, 2.05) is 0 Å². The molecule has 0 radical (unpaired) electrons. The molecule has 3 nitrogen and oxygen atoms in total. The number of hydrogen-bond acceptors (Lipinski definition) is 3. The van der Waals surface area contributed by atoms with Crippen LogP contribution >= 0.6 is 0 Å². The molecule has 0 spiro atoms. The topological polar surface area (TPSA) is 41.6 Å². The van der Waals surface area contributed by atoms with Crippen LogP contribution in [0.1, 0.15) is 40.0 Å². The largest absolute Gasteiger partial charge is 0.370 e. The summed E-state index contributed by atoms with van der Waals surface area (Å²) in [6.07, 6.45) is 3.66. The van der Waals surface area contributed by atoms with E-state index in [0.29, 0.717) is 12.0 Å². The first-order chi connectivity index (χ1) is 6.70. The lowest BCUT2D eigenvalue weighted by Crippen LogP contribution is -2.44. The van der Waals surface area contributed by atoms with Gasteiger partial charge in [0.2, 0.25) is 0 Å². The monoisotopic (exact) mass is 197 g/mol. The van der Waals surface area contributed by atoms with Crippen LogP contribution in [0, 0.1) is 5.92 Å². The van der Waals surface area contributed by atoms with Crippen molar-refractivity contribution < 1.29 is 0 Å². The molecule has 0 fully saturated rings. The van der Waals surface area contributed by atoms with Crippen LogP contribution in [0.2, 0.25) is 0 Å². The molecule has 0 bridgehead atoms. The average molecular weight is 197 g/mol. The number of nitrogens with two attached hydrogens (primary N) is 1.